The summed E-state index contributed by atoms with van der Waals surface area (Å²) in [6.45, 7) is 1.83. The van der Waals surface area contributed by atoms with Crippen LogP contribution in [0.15, 0.2) is 11.6 Å². The SMILES string of the molecule is C[C@H](O)C=C1CCCCCC1. The van der Waals surface area contributed by atoms with Crippen LogP contribution in [0.4, 0.5) is 0 Å². The molecule has 1 aliphatic carbocycles. The molecule has 1 aliphatic rings. The standard InChI is InChI=1S/C10H18O/c1-9(11)8-10-6-4-2-3-5-7-10/h8-9,11H,2-7H2,1H3/t9-/m0/s1. The first-order chi connectivity index (χ1) is 5.29. The maximum atomic E-state index is 9.12. The van der Waals surface area contributed by atoms with E-state index < -0.39 is 0 Å². The second-order valence-corrected chi connectivity index (χ2v) is 3.48. The Kier molecular flexibility index (Phi) is 3.64. The zero-order chi connectivity index (χ0) is 8.10. The van der Waals surface area contributed by atoms with Crippen molar-refractivity contribution in [3.63, 3.8) is 0 Å². The third-order valence-corrected chi connectivity index (χ3v) is 2.22. The first-order valence-electron chi connectivity index (χ1n) is 4.66. The third kappa shape index (κ3) is 3.57. The highest BCUT2D eigenvalue weighted by Crippen LogP contribution is 2.22. The number of allylic oxidation sites excluding steroid dienone is 1. The van der Waals surface area contributed by atoms with E-state index in [1.165, 1.54) is 44.1 Å². The van der Waals surface area contributed by atoms with Crippen LogP contribution in [-0.4, -0.2) is 11.2 Å². The van der Waals surface area contributed by atoms with Gasteiger partial charge < -0.3 is 5.11 Å². The van der Waals surface area contributed by atoms with Crippen LogP contribution in [0.5, 0.6) is 0 Å². The summed E-state index contributed by atoms with van der Waals surface area (Å²) in [4.78, 5) is 0. The molecule has 0 aliphatic heterocycles. The Morgan fingerprint density at radius 3 is 2.18 bits per heavy atom. The Hall–Kier alpha value is -0.300. The molecular formula is C10H18O. The summed E-state index contributed by atoms with van der Waals surface area (Å²) in [6, 6.07) is 0. The van der Waals surface area contributed by atoms with Gasteiger partial charge in [0.2, 0.25) is 0 Å². The van der Waals surface area contributed by atoms with E-state index in [4.69, 9.17) is 5.11 Å². The number of hydrogen-bond donors (Lipinski definition) is 1. The molecule has 1 saturated carbocycles. The summed E-state index contributed by atoms with van der Waals surface area (Å²) < 4.78 is 0. The Morgan fingerprint density at radius 1 is 1.18 bits per heavy atom. The van der Waals surface area contributed by atoms with Crippen molar-refractivity contribution in [2.45, 2.75) is 51.6 Å². The minimum absolute atomic E-state index is 0.247. The van der Waals surface area contributed by atoms with E-state index in [9.17, 15) is 0 Å². The summed E-state index contributed by atoms with van der Waals surface area (Å²) in [5.74, 6) is 0. The van der Waals surface area contributed by atoms with E-state index in [2.05, 4.69) is 0 Å². The molecule has 0 radical (unpaired) electrons. The first-order valence-corrected chi connectivity index (χ1v) is 4.66. The molecule has 0 aromatic carbocycles. The summed E-state index contributed by atoms with van der Waals surface area (Å²) in [5.41, 5.74) is 1.47. The van der Waals surface area contributed by atoms with Crippen molar-refractivity contribution in [2.75, 3.05) is 0 Å². The minimum Gasteiger partial charge on any atom is -0.389 e. The molecule has 0 aromatic heterocycles. The van der Waals surface area contributed by atoms with Crippen molar-refractivity contribution in [3.8, 4) is 0 Å². The van der Waals surface area contributed by atoms with Gasteiger partial charge in [-0.1, -0.05) is 24.5 Å². The van der Waals surface area contributed by atoms with Crippen LogP contribution in [-0.2, 0) is 0 Å². The molecule has 0 unspecified atom stereocenters. The molecule has 1 atom stereocenters. The van der Waals surface area contributed by atoms with Gasteiger partial charge in [0, 0.05) is 0 Å². The van der Waals surface area contributed by atoms with Gasteiger partial charge in [0.25, 0.3) is 0 Å². The maximum Gasteiger partial charge on any atom is 0.0695 e. The summed E-state index contributed by atoms with van der Waals surface area (Å²) in [5, 5.41) is 9.12. The van der Waals surface area contributed by atoms with Crippen molar-refractivity contribution < 1.29 is 5.11 Å². The number of aliphatic hydroxyl groups excluding tert-OH is 1. The molecule has 0 saturated heterocycles. The molecule has 64 valence electrons. The van der Waals surface area contributed by atoms with Crippen LogP contribution in [0.25, 0.3) is 0 Å². The molecule has 1 N–H and O–H groups in total. The average Bonchev–Trinajstić information content (AvgIpc) is 2.14. The Morgan fingerprint density at radius 2 is 1.73 bits per heavy atom. The molecule has 11 heavy (non-hydrogen) atoms. The number of aliphatic hydroxyl groups is 1. The zero-order valence-electron chi connectivity index (χ0n) is 7.34. The van der Waals surface area contributed by atoms with Crippen LogP contribution in [0.2, 0.25) is 0 Å². The third-order valence-electron chi connectivity index (χ3n) is 2.22. The highest BCUT2D eigenvalue weighted by Gasteiger charge is 2.04. The zero-order valence-corrected chi connectivity index (χ0v) is 7.34. The fraction of sp³-hybridized carbons (Fsp3) is 0.800. The van der Waals surface area contributed by atoms with Crippen LogP contribution < -0.4 is 0 Å². The highest BCUT2D eigenvalue weighted by molar-refractivity contribution is 5.05. The monoisotopic (exact) mass is 154 g/mol. The Labute approximate surface area is 69.1 Å². The predicted molar refractivity (Wildman–Crippen MR) is 47.5 cm³/mol. The lowest BCUT2D eigenvalue weighted by Gasteiger charge is -2.03. The average molecular weight is 154 g/mol. The summed E-state index contributed by atoms with van der Waals surface area (Å²) >= 11 is 0. The lowest BCUT2D eigenvalue weighted by molar-refractivity contribution is 0.242. The molecule has 0 bridgehead atoms. The molecule has 1 rings (SSSR count). The Balaban J connectivity index is 2.42. The van der Waals surface area contributed by atoms with E-state index in [0.717, 1.165) is 0 Å². The van der Waals surface area contributed by atoms with Crippen molar-refractivity contribution in [1.29, 1.82) is 0 Å². The summed E-state index contributed by atoms with van der Waals surface area (Å²) in [6.07, 6.45) is 9.58. The van der Waals surface area contributed by atoms with E-state index in [1.54, 1.807) is 0 Å². The predicted octanol–water partition coefficient (Wildman–Crippen LogP) is 2.65. The van der Waals surface area contributed by atoms with Gasteiger partial charge in [0.05, 0.1) is 6.10 Å². The van der Waals surface area contributed by atoms with E-state index in [0.29, 0.717) is 0 Å². The van der Waals surface area contributed by atoms with Gasteiger partial charge in [-0.05, 0) is 32.6 Å². The van der Waals surface area contributed by atoms with E-state index >= 15 is 0 Å². The van der Waals surface area contributed by atoms with Crippen molar-refractivity contribution in [1.82, 2.24) is 0 Å². The largest absolute Gasteiger partial charge is 0.389 e. The quantitative estimate of drug-likeness (QED) is 0.454. The maximum absolute atomic E-state index is 9.12. The molecule has 1 nitrogen and oxygen atoms in total. The molecule has 1 heteroatoms. The lowest BCUT2D eigenvalue weighted by Crippen LogP contribution is -1.95. The van der Waals surface area contributed by atoms with Gasteiger partial charge >= 0.3 is 0 Å². The first kappa shape index (κ1) is 8.79. The van der Waals surface area contributed by atoms with E-state index in [-0.39, 0.29) is 6.10 Å². The summed E-state index contributed by atoms with van der Waals surface area (Å²) in [7, 11) is 0. The second kappa shape index (κ2) is 4.55. The van der Waals surface area contributed by atoms with Gasteiger partial charge in [-0.15, -0.1) is 0 Å². The van der Waals surface area contributed by atoms with Crippen LogP contribution in [0.1, 0.15) is 45.4 Å². The number of rotatable bonds is 1. The van der Waals surface area contributed by atoms with E-state index in [1.807, 2.05) is 13.0 Å². The number of hydrogen-bond acceptors (Lipinski definition) is 1. The molecule has 1 fully saturated rings. The van der Waals surface area contributed by atoms with Gasteiger partial charge in [-0.25, -0.2) is 0 Å². The van der Waals surface area contributed by atoms with Crippen molar-refractivity contribution >= 4 is 0 Å². The normalized spacial score (nSPS) is 22.5. The topological polar surface area (TPSA) is 20.2 Å². The van der Waals surface area contributed by atoms with Crippen LogP contribution in [0, 0.1) is 0 Å². The molecule has 0 amide bonds. The smallest absolute Gasteiger partial charge is 0.0695 e. The fourth-order valence-corrected chi connectivity index (χ4v) is 1.69. The lowest BCUT2D eigenvalue weighted by atomic mass is 10.1. The highest BCUT2D eigenvalue weighted by atomic mass is 16.3. The Bertz CT molecular complexity index is 126. The van der Waals surface area contributed by atoms with Gasteiger partial charge in [-0.2, -0.15) is 0 Å². The van der Waals surface area contributed by atoms with Gasteiger partial charge in [0.1, 0.15) is 0 Å². The van der Waals surface area contributed by atoms with Crippen LogP contribution >= 0.6 is 0 Å². The van der Waals surface area contributed by atoms with Gasteiger partial charge in [-0.3, -0.25) is 0 Å². The van der Waals surface area contributed by atoms with Crippen molar-refractivity contribution in [2.24, 2.45) is 0 Å². The van der Waals surface area contributed by atoms with Crippen molar-refractivity contribution in [3.05, 3.63) is 11.6 Å². The minimum atomic E-state index is -0.247. The molecule has 0 aromatic rings. The molecular weight excluding hydrogens is 136 g/mol. The fourth-order valence-electron chi connectivity index (χ4n) is 1.69. The second-order valence-electron chi connectivity index (χ2n) is 3.48. The van der Waals surface area contributed by atoms with Crippen LogP contribution in [0.3, 0.4) is 0 Å². The molecule has 0 heterocycles. The van der Waals surface area contributed by atoms with Gasteiger partial charge in [0.15, 0.2) is 0 Å². The molecule has 0 spiro atoms.